The number of hydrogen-bond donors (Lipinski definition) is 0. The van der Waals surface area contributed by atoms with Crippen LogP contribution in [-0.2, 0) is 21.8 Å². The van der Waals surface area contributed by atoms with Crippen molar-refractivity contribution < 1.29 is 21.8 Å². The van der Waals surface area contributed by atoms with Crippen molar-refractivity contribution in [2.45, 2.75) is 0 Å². The highest BCUT2D eigenvalue weighted by molar-refractivity contribution is 6.83. The molecule has 0 aromatic heterocycles. The molecule has 0 aromatic rings. The Morgan fingerprint density at radius 2 is 1.20 bits per heavy atom. The summed E-state index contributed by atoms with van der Waals surface area (Å²) >= 11 is 0. The van der Waals surface area contributed by atoms with Gasteiger partial charge in [-0.25, -0.2) is 0 Å². The van der Waals surface area contributed by atoms with Crippen molar-refractivity contribution in [3.05, 3.63) is 24.6 Å². The van der Waals surface area contributed by atoms with Gasteiger partial charge in [0.15, 0.2) is 0 Å². The molecule has 0 bridgehead atoms. The first-order chi connectivity index (χ1) is 7.07. The Hall–Kier alpha value is -0.286. The summed E-state index contributed by atoms with van der Waals surface area (Å²) in [6.07, 6.45) is 0. The molecule has 0 saturated heterocycles. The van der Waals surface area contributed by atoms with Crippen LogP contribution in [0.3, 0.4) is 0 Å². The van der Waals surface area contributed by atoms with Crippen LogP contribution in [0.15, 0.2) is 24.6 Å². The van der Waals surface area contributed by atoms with Crippen molar-refractivity contribution in [3.63, 3.8) is 0 Å². The summed E-state index contributed by atoms with van der Waals surface area (Å²) in [5.41, 5.74) is 3.16. The Balaban J connectivity index is 4.90. The summed E-state index contributed by atoms with van der Waals surface area (Å²) in [6, 6.07) is 0. The second-order valence-corrected chi connectivity index (χ2v) is 8.26. The molecule has 0 spiro atoms. The van der Waals surface area contributed by atoms with Gasteiger partial charge in [0.05, 0.1) is 0 Å². The molecule has 5 nitrogen and oxygen atoms in total. The fraction of sp³-hybridized carbons (Fsp3) is 0.500. The fourth-order valence-corrected chi connectivity index (χ4v) is 5.51. The van der Waals surface area contributed by atoms with Gasteiger partial charge in [0, 0.05) is 28.4 Å². The Kier molecular flexibility index (Phi) is 6.21. The third kappa shape index (κ3) is 3.35. The summed E-state index contributed by atoms with van der Waals surface area (Å²) in [7, 11) is 0.0765. The molecule has 0 aliphatic rings. The van der Waals surface area contributed by atoms with Gasteiger partial charge in [-0.2, -0.15) is 0 Å². The predicted molar refractivity (Wildman–Crippen MR) is 61.0 cm³/mol. The predicted octanol–water partition coefficient (Wildman–Crippen LogP) is 0.917. The van der Waals surface area contributed by atoms with E-state index in [1.54, 1.807) is 11.4 Å². The molecule has 0 aromatic carbocycles. The van der Waals surface area contributed by atoms with E-state index in [2.05, 4.69) is 13.2 Å². The van der Waals surface area contributed by atoms with E-state index in [4.69, 9.17) is 21.8 Å². The lowest BCUT2D eigenvalue weighted by atomic mass is 11.2. The average Bonchev–Trinajstić information content (AvgIpc) is 2.33. The molecule has 0 atom stereocenters. The maximum atomic E-state index is 5.67. The van der Waals surface area contributed by atoms with E-state index in [-0.39, 0.29) is 0 Å². The summed E-state index contributed by atoms with van der Waals surface area (Å²) < 4.78 is 26.3. The molecule has 0 unspecified atom stereocenters. The number of hydrogen-bond acceptors (Lipinski definition) is 5. The van der Waals surface area contributed by atoms with E-state index in [0.717, 1.165) is 0 Å². The molecule has 0 radical (unpaired) electrons. The van der Waals surface area contributed by atoms with Crippen LogP contribution >= 0.6 is 0 Å². The maximum Gasteiger partial charge on any atom is 0.670 e. The molecule has 0 aliphatic heterocycles. The lowest BCUT2D eigenvalue weighted by Crippen LogP contribution is -2.56. The van der Waals surface area contributed by atoms with E-state index in [1.165, 1.54) is 28.4 Å². The monoisotopic (exact) mass is 250 g/mol. The molecule has 15 heavy (non-hydrogen) atoms. The largest absolute Gasteiger partial charge is 0.670 e. The molecule has 0 fully saturated rings. The fourth-order valence-electron chi connectivity index (χ4n) is 0.945. The zero-order chi connectivity index (χ0) is 11.9. The quantitative estimate of drug-likeness (QED) is 0.599. The zero-order valence-electron chi connectivity index (χ0n) is 9.61. The van der Waals surface area contributed by atoms with E-state index in [1.807, 2.05) is 0 Å². The first kappa shape index (κ1) is 14.7. The number of rotatable bonds is 8. The normalized spacial score (nSPS) is 12.5. The van der Waals surface area contributed by atoms with Crippen LogP contribution in [-0.4, -0.2) is 46.0 Å². The minimum Gasteiger partial charge on any atom is -0.392 e. The van der Waals surface area contributed by atoms with Crippen LogP contribution in [0.4, 0.5) is 0 Å². The van der Waals surface area contributed by atoms with Gasteiger partial charge >= 0.3 is 17.6 Å². The van der Waals surface area contributed by atoms with Crippen molar-refractivity contribution >= 4 is 17.6 Å². The standard InChI is InChI=1S/C8H18O5Si2/c1-7-14(8-2,9-3)13-15(10-4,11-5)12-6/h7-8H,1-2H2,3-6H3. The van der Waals surface area contributed by atoms with Crippen molar-refractivity contribution in [3.8, 4) is 0 Å². The second kappa shape index (κ2) is 6.33. The van der Waals surface area contributed by atoms with Crippen LogP contribution in [0.5, 0.6) is 0 Å². The van der Waals surface area contributed by atoms with E-state index in [0.29, 0.717) is 0 Å². The smallest absolute Gasteiger partial charge is 0.392 e. The molecule has 0 aliphatic carbocycles. The minimum absolute atomic E-state index is 1.46. The Bertz CT molecular complexity index is 201. The van der Waals surface area contributed by atoms with Gasteiger partial charge in [-0.1, -0.05) is 0 Å². The summed E-state index contributed by atoms with van der Waals surface area (Å²) in [4.78, 5) is 0. The van der Waals surface area contributed by atoms with Crippen molar-refractivity contribution in [1.29, 1.82) is 0 Å². The molecular formula is C8H18O5Si2. The lowest BCUT2D eigenvalue weighted by molar-refractivity contribution is 0.0398. The Morgan fingerprint density at radius 3 is 1.40 bits per heavy atom. The first-order valence-electron chi connectivity index (χ1n) is 4.25. The first-order valence-corrected chi connectivity index (χ1v) is 7.86. The Labute approximate surface area is 93.0 Å². The summed E-state index contributed by atoms with van der Waals surface area (Å²) in [6.45, 7) is 7.32. The lowest BCUT2D eigenvalue weighted by Gasteiger charge is -2.31. The van der Waals surface area contributed by atoms with Gasteiger partial charge in [-0.3, -0.25) is 0 Å². The van der Waals surface area contributed by atoms with E-state index in [9.17, 15) is 0 Å². The second-order valence-electron chi connectivity index (χ2n) is 2.55. The highest BCUT2D eigenvalue weighted by Gasteiger charge is 2.50. The molecule has 0 heterocycles. The molecular weight excluding hydrogens is 232 g/mol. The average molecular weight is 250 g/mol. The summed E-state index contributed by atoms with van der Waals surface area (Å²) in [5, 5.41) is 0. The SMILES string of the molecule is C=C[Si](C=C)(OC)O[Si](OC)(OC)OC. The van der Waals surface area contributed by atoms with Crippen LogP contribution < -0.4 is 0 Å². The molecule has 0 amide bonds. The minimum atomic E-state index is -3.12. The van der Waals surface area contributed by atoms with Gasteiger partial charge in [0.2, 0.25) is 0 Å². The Morgan fingerprint density at radius 1 is 0.800 bits per heavy atom. The highest BCUT2D eigenvalue weighted by Crippen LogP contribution is 2.18. The summed E-state index contributed by atoms with van der Waals surface area (Å²) in [5.74, 6) is 0. The van der Waals surface area contributed by atoms with Crippen LogP contribution in [0.25, 0.3) is 0 Å². The molecule has 0 rings (SSSR count). The van der Waals surface area contributed by atoms with E-state index < -0.39 is 17.6 Å². The van der Waals surface area contributed by atoms with Crippen LogP contribution in [0.2, 0.25) is 0 Å². The van der Waals surface area contributed by atoms with Crippen molar-refractivity contribution in [1.82, 2.24) is 0 Å². The van der Waals surface area contributed by atoms with E-state index >= 15 is 0 Å². The third-order valence-corrected chi connectivity index (χ3v) is 7.47. The molecule has 0 saturated carbocycles. The van der Waals surface area contributed by atoms with Crippen molar-refractivity contribution in [2.24, 2.45) is 0 Å². The van der Waals surface area contributed by atoms with Gasteiger partial charge in [0.1, 0.15) is 0 Å². The maximum absolute atomic E-state index is 5.67. The highest BCUT2D eigenvalue weighted by atomic mass is 28.5. The van der Waals surface area contributed by atoms with Crippen LogP contribution in [0, 0.1) is 0 Å². The topological polar surface area (TPSA) is 46.2 Å². The van der Waals surface area contributed by atoms with Gasteiger partial charge in [-0.15, -0.1) is 13.2 Å². The van der Waals surface area contributed by atoms with Gasteiger partial charge in [0.25, 0.3) is 0 Å². The third-order valence-electron chi connectivity index (χ3n) is 1.92. The van der Waals surface area contributed by atoms with Crippen molar-refractivity contribution in [2.75, 3.05) is 28.4 Å². The zero-order valence-corrected chi connectivity index (χ0v) is 11.6. The molecule has 0 N–H and O–H groups in total. The molecule has 88 valence electrons. The van der Waals surface area contributed by atoms with Gasteiger partial charge < -0.3 is 21.8 Å². The van der Waals surface area contributed by atoms with Crippen LogP contribution in [0.1, 0.15) is 0 Å². The molecule has 7 heteroatoms. The van der Waals surface area contributed by atoms with Gasteiger partial charge in [-0.05, 0) is 11.4 Å².